The number of hydrogen-bond donors (Lipinski definition) is 0. The predicted molar refractivity (Wildman–Crippen MR) is 88.6 cm³/mol. The lowest BCUT2D eigenvalue weighted by atomic mass is 10.0. The van der Waals surface area contributed by atoms with Crippen molar-refractivity contribution < 1.29 is 23.7 Å². The van der Waals surface area contributed by atoms with Gasteiger partial charge in [-0.3, -0.25) is 0 Å². The summed E-state index contributed by atoms with van der Waals surface area (Å²) in [4.78, 5) is 0. The number of hydrogen-bond acceptors (Lipinski definition) is 5. The van der Waals surface area contributed by atoms with E-state index in [9.17, 15) is 0 Å². The molecular weight excluding hydrogens is 320 g/mol. The second-order valence-corrected chi connectivity index (χ2v) is 6.58. The molecular formula is C20H20O5. The highest BCUT2D eigenvalue weighted by molar-refractivity contribution is 5.17. The summed E-state index contributed by atoms with van der Waals surface area (Å²) < 4.78 is 29.7. The van der Waals surface area contributed by atoms with E-state index in [-0.39, 0.29) is 37.0 Å². The largest absolute Gasteiger partial charge is 0.361 e. The Bertz CT molecular complexity index is 707. The molecule has 25 heavy (non-hydrogen) atoms. The maximum atomic E-state index is 6.11. The lowest BCUT2D eigenvalue weighted by molar-refractivity contribution is -0.308. The van der Waals surface area contributed by atoms with E-state index in [0.717, 1.165) is 11.1 Å². The summed E-state index contributed by atoms with van der Waals surface area (Å²) in [7, 11) is 0. The van der Waals surface area contributed by atoms with Crippen LogP contribution in [-0.4, -0.2) is 37.3 Å². The summed E-state index contributed by atoms with van der Waals surface area (Å²) >= 11 is 0. The minimum atomic E-state index is -0.369. The smallest absolute Gasteiger partial charge is 0.187 e. The number of benzene rings is 2. The third-order valence-electron chi connectivity index (χ3n) is 4.85. The van der Waals surface area contributed by atoms with Gasteiger partial charge in [-0.05, 0) is 5.56 Å². The van der Waals surface area contributed by atoms with Crippen molar-refractivity contribution in [3.63, 3.8) is 0 Å². The molecule has 0 saturated carbocycles. The van der Waals surface area contributed by atoms with E-state index >= 15 is 0 Å². The van der Waals surface area contributed by atoms with E-state index in [1.807, 2.05) is 60.7 Å². The Kier molecular flexibility index (Phi) is 4.04. The molecule has 5 heteroatoms. The molecule has 5 rings (SSSR count). The number of ether oxygens (including phenoxy) is 5. The second-order valence-electron chi connectivity index (χ2n) is 6.58. The summed E-state index contributed by atoms with van der Waals surface area (Å²) in [6.07, 6.45) is -1.04. The zero-order valence-corrected chi connectivity index (χ0v) is 13.7. The minimum Gasteiger partial charge on any atom is -0.361 e. The molecule has 0 amide bonds. The van der Waals surface area contributed by atoms with Crippen LogP contribution in [0.25, 0.3) is 0 Å². The van der Waals surface area contributed by atoms with Gasteiger partial charge in [-0.2, -0.15) is 0 Å². The van der Waals surface area contributed by atoms with Crippen molar-refractivity contribution in [3.05, 3.63) is 71.8 Å². The molecule has 6 atom stereocenters. The molecule has 0 unspecified atom stereocenters. The van der Waals surface area contributed by atoms with Crippen LogP contribution in [0.5, 0.6) is 0 Å². The Morgan fingerprint density at radius 1 is 0.800 bits per heavy atom. The first-order chi connectivity index (χ1) is 12.4. The molecule has 5 nitrogen and oxygen atoms in total. The zero-order valence-electron chi connectivity index (χ0n) is 13.7. The first-order valence-electron chi connectivity index (χ1n) is 8.67. The first kappa shape index (κ1) is 15.5. The third kappa shape index (κ3) is 3.10. The van der Waals surface area contributed by atoms with Crippen LogP contribution in [0.3, 0.4) is 0 Å². The molecule has 3 aliphatic rings. The van der Waals surface area contributed by atoms with Gasteiger partial charge >= 0.3 is 0 Å². The van der Waals surface area contributed by atoms with E-state index < -0.39 is 0 Å². The Hall–Kier alpha value is -1.76. The van der Waals surface area contributed by atoms with Gasteiger partial charge in [0.25, 0.3) is 0 Å². The highest BCUT2D eigenvalue weighted by Crippen LogP contribution is 2.43. The van der Waals surface area contributed by atoms with Crippen molar-refractivity contribution in [3.8, 4) is 0 Å². The monoisotopic (exact) mass is 340 g/mol. The van der Waals surface area contributed by atoms with Crippen LogP contribution >= 0.6 is 0 Å². The average molecular weight is 340 g/mol. The zero-order chi connectivity index (χ0) is 16.6. The standard InChI is InChI=1S/C20H20O5/c1-3-7-13(8-4-1)11-21-20-18-17(24-18)16-15(23-20)12-22-19(25-16)14-9-5-2-6-10-14/h1-10,15-20H,11-12H2/t15-,16-,17-,18-,19+,20-/m1/s1. The molecule has 3 saturated heterocycles. The fourth-order valence-corrected chi connectivity index (χ4v) is 3.49. The van der Waals surface area contributed by atoms with Gasteiger partial charge in [0.05, 0.1) is 13.2 Å². The summed E-state index contributed by atoms with van der Waals surface area (Å²) in [5.41, 5.74) is 2.13. The normalized spacial score (nSPS) is 36.3. The number of fused-ring (bicyclic) bond motifs is 3. The molecule has 0 aliphatic carbocycles. The van der Waals surface area contributed by atoms with Gasteiger partial charge in [-0.25, -0.2) is 0 Å². The molecule has 0 bridgehead atoms. The Morgan fingerprint density at radius 2 is 1.56 bits per heavy atom. The quantitative estimate of drug-likeness (QED) is 0.801. The SMILES string of the molecule is c1ccc(CO[C@@H]2O[C@@H]3CO[C@H](c4ccccc4)O[C@H]3[C@H]3O[C@@H]23)cc1. The van der Waals surface area contributed by atoms with Gasteiger partial charge in [0.1, 0.15) is 24.4 Å². The van der Waals surface area contributed by atoms with Crippen LogP contribution < -0.4 is 0 Å². The number of epoxide rings is 1. The minimum absolute atomic E-state index is 0.0228. The average Bonchev–Trinajstić information content (AvgIpc) is 3.49. The van der Waals surface area contributed by atoms with Crippen LogP contribution in [0.1, 0.15) is 17.4 Å². The molecule has 2 aromatic carbocycles. The van der Waals surface area contributed by atoms with E-state index in [2.05, 4.69) is 0 Å². The summed E-state index contributed by atoms with van der Waals surface area (Å²) in [6, 6.07) is 20.0. The van der Waals surface area contributed by atoms with Gasteiger partial charge in [-0.15, -0.1) is 0 Å². The first-order valence-corrected chi connectivity index (χ1v) is 8.67. The molecule has 3 heterocycles. The van der Waals surface area contributed by atoms with Crippen molar-refractivity contribution in [2.45, 2.75) is 43.6 Å². The van der Waals surface area contributed by atoms with Crippen molar-refractivity contribution in [1.29, 1.82) is 0 Å². The van der Waals surface area contributed by atoms with Gasteiger partial charge in [0.15, 0.2) is 12.6 Å². The van der Waals surface area contributed by atoms with Crippen LogP contribution in [0.15, 0.2) is 60.7 Å². The lowest BCUT2D eigenvalue weighted by Crippen LogP contribution is -2.52. The predicted octanol–water partition coefficient (Wildman–Crippen LogP) is 2.81. The molecule has 3 aliphatic heterocycles. The van der Waals surface area contributed by atoms with Crippen LogP contribution in [0.4, 0.5) is 0 Å². The topological polar surface area (TPSA) is 49.5 Å². The summed E-state index contributed by atoms with van der Waals surface area (Å²) in [5.74, 6) is 0. The lowest BCUT2D eigenvalue weighted by Gasteiger charge is -2.39. The van der Waals surface area contributed by atoms with Crippen molar-refractivity contribution >= 4 is 0 Å². The molecule has 3 fully saturated rings. The highest BCUT2D eigenvalue weighted by atomic mass is 16.8. The number of rotatable bonds is 4. The molecule has 130 valence electrons. The molecule has 0 radical (unpaired) electrons. The van der Waals surface area contributed by atoms with Crippen LogP contribution in [-0.2, 0) is 30.3 Å². The Labute approximate surface area is 146 Å². The van der Waals surface area contributed by atoms with E-state index in [1.54, 1.807) is 0 Å². The Morgan fingerprint density at radius 3 is 2.36 bits per heavy atom. The molecule has 2 aromatic rings. The van der Waals surface area contributed by atoms with Crippen LogP contribution in [0.2, 0.25) is 0 Å². The van der Waals surface area contributed by atoms with Gasteiger partial charge < -0.3 is 23.7 Å². The third-order valence-corrected chi connectivity index (χ3v) is 4.85. The van der Waals surface area contributed by atoms with E-state index in [0.29, 0.717) is 13.2 Å². The fourth-order valence-electron chi connectivity index (χ4n) is 3.49. The summed E-state index contributed by atoms with van der Waals surface area (Å²) in [6.45, 7) is 0.978. The highest BCUT2D eigenvalue weighted by Gasteiger charge is 2.60. The van der Waals surface area contributed by atoms with Gasteiger partial charge in [0.2, 0.25) is 0 Å². The van der Waals surface area contributed by atoms with Gasteiger partial charge in [0, 0.05) is 5.56 Å². The maximum absolute atomic E-state index is 6.11. The van der Waals surface area contributed by atoms with Crippen molar-refractivity contribution in [2.75, 3.05) is 6.61 Å². The molecule has 0 aromatic heterocycles. The van der Waals surface area contributed by atoms with Crippen LogP contribution in [0, 0.1) is 0 Å². The van der Waals surface area contributed by atoms with E-state index in [1.165, 1.54) is 0 Å². The Balaban J connectivity index is 1.22. The van der Waals surface area contributed by atoms with E-state index in [4.69, 9.17) is 23.7 Å². The second kappa shape index (κ2) is 6.52. The fraction of sp³-hybridized carbons (Fsp3) is 0.400. The maximum Gasteiger partial charge on any atom is 0.187 e. The molecule has 0 N–H and O–H groups in total. The molecule has 0 spiro atoms. The van der Waals surface area contributed by atoms with Crippen molar-refractivity contribution in [2.24, 2.45) is 0 Å². The van der Waals surface area contributed by atoms with Crippen molar-refractivity contribution in [1.82, 2.24) is 0 Å². The summed E-state index contributed by atoms with van der Waals surface area (Å²) in [5, 5.41) is 0. The van der Waals surface area contributed by atoms with Gasteiger partial charge in [-0.1, -0.05) is 60.7 Å².